The van der Waals surface area contributed by atoms with E-state index >= 15 is 0 Å². The van der Waals surface area contributed by atoms with Crippen molar-refractivity contribution < 1.29 is 4.43 Å². The third-order valence-electron chi connectivity index (χ3n) is 7.51. The van der Waals surface area contributed by atoms with Gasteiger partial charge in [-0.3, -0.25) is 0 Å². The Hall–Kier alpha value is -2.25. The van der Waals surface area contributed by atoms with Gasteiger partial charge in [-0.25, -0.2) is 9.97 Å². The molecule has 5 rings (SSSR count). The van der Waals surface area contributed by atoms with E-state index in [-0.39, 0.29) is 10.3 Å². The number of aromatic nitrogens is 4. The second-order valence-corrected chi connectivity index (χ2v) is 15.8. The van der Waals surface area contributed by atoms with Crippen LogP contribution in [-0.4, -0.2) is 34.4 Å². The van der Waals surface area contributed by atoms with Crippen LogP contribution < -0.4 is 10.4 Å². The predicted octanol–water partition coefficient (Wildman–Crippen LogP) is 6.44. The van der Waals surface area contributed by atoms with Gasteiger partial charge in [0, 0.05) is 12.6 Å². The van der Waals surface area contributed by atoms with Crippen molar-refractivity contribution in [2.45, 2.75) is 57.5 Å². The normalized spacial score (nSPS) is 19.0. The van der Waals surface area contributed by atoms with Crippen LogP contribution in [0.2, 0.25) is 15.5 Å². The zero-order valence-corrected chi connectivity index (χ0v) is 23.5. The Bertz CT molecular complexity index is 1280. The first-order chi connectivity index (χ1) is 17.3. The van der Waals surface area contributed by atoms with Gasteiger partial charge in [-0.1, -0.05) is 93.0 Å². The maximum atomic E-state index is 7.20. The summed E-state index contributed by atoms with van der Waals surface area (Å²) in [6.45, 7) is 7.76. The molecule has 2 aromatic carbocycles. The third kappa shape index (κ3) is 4.72. The smallest absolute Gasteiger partial charge is 0.261 e. The fourth-order valence-corrected chi connectivity index (χ4v) is 10.8. The molecule has 5 nitrogen and oxygen atoms in total. The summed E-state index contributed by atoms with van der Waals surface area (Å²) in [4.78, 5) is 12.9. The molecule has 0 bridgehead atoms. The number of hydrogen-bond donors (Lipinski definition) is 0. The SMILES string of the molecule is CC(C)(C)[Si](OCC1CCC(n2cnc3c(Cl)nc(Cl)nc32)CC1)(c1ccccc1)c1ccccc1. The van der Waals surface area contributed by atoms with Crippen LogP contribution in [0, 0.1) is 5.92 Å². The Balaban J connectivity index is 1.36. The molecule has 1 fully saturated rings. The van der Waals surface area contributed by atoms with Crippen molar-refractivity contribution in [1.29, 1.82) is 0 Å². The summed E-state index contributed by atoms with van der Waals surface area (Å²) in [7, 11) is -2.51. The number of rotatable bonds is 6. The first-order valence-corrected chi connectivity index (χ1v) is 15.3. The Morgan fingerprint density at radius 3 is 2.03 bits per heavy atom. The second kappa shape index (κ2) is 10.2. The summed E-state index contributed by atoms with van der Waals surface area (Å²) in [6, 6.07) is 22.1. The summed E-state index contributed by atoms with van der Waals surface area (Å²) in [5, 5.41) is 3.10. The van der Waals surface area contributed by atoms with Crippen LogP contribution in [0.3, 0.4) is 0 Å². The van der Waals surface area contributed by atoms with Gasteiger partial charge in [0.25, 0.3) is 8.32 Å². The van der Waals surface area contributed by atoms with Crippen LogP contribution in [0.4, 0.5) is 0 Å². The van der Waals surface area contributed by atoms with Crippen molar-refractivity contribution in [2.24, 2.45) is 5.92 Å². The minimum atomic E-state index is -2.51. The van der Waals surface area contributed by atoms with Gasteiger partial charge in [0.15, 0.2) is 10.8 Å². The van der Waals surface area contributed by atoms with E-state index in [2.05, 4.69) is 101 Å². The topological polar surface area (TPSA) is 52.8 Å². The van der Waals surface area contributed by atoms with Crippen LogP contribution in [0.25, 0.3) is 11.2 Å². The van der Waals surface area contributed by atoms with Gasteiger partial charge >= 0.3 is 0 Å². The number of benzene rings is 2. The van der Waals surface area contributed by atoms with E-state index in [1.807, 2.05) is 6.33 Å². The van der Waals surface area contributed by atoms with Crippen LogP contribution in [0.5, 0.6) is 0 Å². The van der Waals surface area contributed by atoms with Gasteiger partial charge in [0.2, 0.25) is 5.28 Å². The highest BCUT2D eigenvalue weighted by molar-refractivity contribution is 6.99. The molecule has 0 atom stereocenters. The lowest BCUT2D eigenvalue weighted by Gasteiger charge is -2.44. The lowest BCUT2D eigenvalue weighted by molar-refractivity contribution is 0.177. The number of fused-ring (bicyclic) bond motifs is 1. The van der Waals surface area contributed by atoms with Gasteiger partial charge in [-0.2, -0.15) is 4.98 Å². The number of hydrogen-bond acceptors (Lipinski definition) is 4. The van der Waals surface area contributed by atoms with E-state index in [0.717, 1.165) is 32.3 Å². The van der Waals surface area contributed by atoms with E-state index < -0.39 is 8.32 Å². The summed E-state index contributed by atoms with van der Waals surface area (Å²) in [6.07, 6.45) is 6.09. The molecule has 1 aliphatic rings. The molecule has 0 radical (unpaired) electrons. The van der Waals surface area contributed by atoms with Crippen molar-refractivity contribution in [1.82, 2.24) is 19.5 Å². The average molecular weight is 540 g/mol. The van der Waals surface area contributed by atoms with Crippen LogP contribution in [0.1, 0.15) is 52.5 Å². The first-order valence-electron chi connectivity index (χ1n) is 12.6. The van der Waals surface area contributed by atoms with Crippen molar-refractivity contribution >= 4 is 53.1 Å². The molecule has 1 aliphatic carbocycles. The van der Waals surface area contributed by atoms with Gasteiger partial charge < -0.3 is 8.99 Å². The summed E-state index contributed by atoms with van der Waals surface area (Å²) in [5.41, 5.74) is 1.32. The number of nitrogens with zero attached hydrogens (tertiary/aromatic N) is 4. The zero-order chi connectivity index (χ0) is 25.3. The van der Waals surface area contributed by atoms with Crippen molar-refractivity contribution in [2.75, 3.05) is 6.61 Å². The van der Waals surface area contributed by atoms with E-state index in [9.17, 15) is 0 Å². The maximum Gasteiger partial charge on any atom is 0.261 e. The second-order valence-electron chi connectivity index (χ2n) is 10.8. The predicted molar refractivity (Wildman–Crippen MR) is 150 cm³/mol. The minimum absolute atomic E-state index is 0.0130. The van der Waals surface area contributed by atoms with Crippen LogP contribution in [0.15, 0.2) is 67.0 Å². The molecule has 36 heavy (non-hydrogen) atoms. The highest BCUT2D eigenvalue weighted by atomic mass is 35.5. The quantitative estimate of drug-likeness (QED) is 0.161. The van der Waals surface area contributed by atoms with Crippen LogP contribution >= 0.6 is 23.2 Å². The summed E-state index contributed by atoms with van der Waals surface area (Å²) < 4.78 is 9.32. The lowest BCUT2D eigenvalue weighted by Crippen LogP contribution is -2.66. The number of imidazole rings is 1. The van der Waals surface area contributed by atoms with Gasteiger partial charge in [0.1, 0.15) is 5.52 Å². The highest BCUT2D eigenvalue weighted by Crippen LogP contribution is 2.39. The van der Waals surface area contributed by atoms with Gasteiger partial charge in [-0.15, -0.1) is 0 Å². The Morgan fingerprint density at radius 2 is 1.47 bits per heavy atom. The molecule has 0 unspecified atom stereocenters. The molecular weight excluding hydrogens is 507 g/mol. The molecule has 0 aliphatic heterocycles. The van der Waals surface area contributed by atoms with E-state index in [1.54, 1.807) is 0 Å². The lowest BCUT2D eigenvalue weighted by atomic mass is 9.86. The van der Waals surface area contributed by atoms with E-state index in [1.165, 1.54) is 10.4 Å². The molecule has 2 heterocycles. The molecule has 4 aromatic rings. The summed E-state index contributed by atoms with van der Waals surface area (Å²) in [5.74, 6) is 0.513. The Labute approximate surface area is 224 Å². The number of halogens is 2. The van der Waals surface area contributed by atoms with Gasteiger partial charge in [0.05, 0.1) is 6.33 Å². The standard InChI is InChI=1S/C28H32Cl2N4OSi/c1-28(2,3)36(22-10-6-4-7-11-22,23-12-8-5-9-13-23)35-18-20-14-16-21(17-15-20)34-19-31-24-25(29)32-27(30)33-26(24)34/h4-13,19-21H,14-18H2,1-3H3. The fourth-order valence-electron chi connectivity index (χ4n) is 5.72. The molecule has 8 heteroatoms. The average Bonchev–Trinajstić information content (AvgIpc) is 3.29. The highest BCUT2D eigenvalue weighted by Gasteiger charge is 2.50. The maximum absolute atomic E-state index is 7.20. The van der Waals surface area contributed by atoms with E-state index in [4.69, 9.17) is 27.6 Å². The van der Waals surface area contributed by atoms with E-state index in [0.29, 0.717) is 28.3 Å². The molecule has 0 amide bonds. The van der Waals surface area contributed by atoms with Crippen molar-refractivity contribution in [3.05, 3.63) is 77.4 Å². The molecular formula is C28H32Cl2N4OSi. The van der Waals surface area contributed by atoms with Crippen LogP contribution in [-0.2, 0) is 4.43 Å². The van der Waals surface area contributed by atoms with Crippen molar-refractivity contribution in [3.63, 3.8) is 0 Å². The molecule has 0 N–H and O–H groups in total. The zero-order valence-electron chi connectivity index (χ0n) is 21.0. The molecule has 0 saturated heterocycles. The monoisotopic (exact) mass is 538 g/mol. The Morgan fingerprint density at radius 1 is 0.889 bits per heavy atom. The first kappa shape index (κ1) is 25.4. The van der Waals surface area contributed by atoms with Crippen molar-refractivity contribution in [3.8, 4) is 0 Å². The third-order valence-corrected chi connectivity index (χ3v) is 13.0. The molecule has 0 spiro atoms. The molecule has 188 valence electrons. The van der Waals surface area contributed by atoms with Gasteiger partial charge in [-0.05, 0) is 58.6 Å². The molecule has 1 saturated carbocycles. The largest absolute Gasteiger partial charge is 0.407 e. The molecule has 2 aromatic heterocycles. The summed E-state index contributed by atoms with van der Waals surface area (Å²) >= 11 is 12.3. The fraction of sp³-hybridized carbons (Fsp3) is 0.393. The minimum Gasteiger partial charge on any atom is -0.407 e. The Kier molecular flexibility index (Phi) is 7.23.